The molecule has 3 heteroatoms. The predicted octanol–water partition coefficient (Wildman–Crippen LogP) is 4.13. The highest BCUT2D eigenvalue weighted by molar-refractivity contribution is 7.12. The van der Waals surface area contributed by atoms with Crippen molar-refractivity contribution in [3.05, 3.63) is 45.0 Å². The van der Waals surface area contributed by atoms with E-state index in [2.05, 4.69) is 31.3 Å². The Morgan fingerprint density at radius 1 is 1.44 bits per heavy atom. The number of rotatable bonds is 3. The highest BCUT2D eigenvalue weighted by Crippen LogP contribution is 2.31. The van der Waals surface area contributed by atoms with Crippen LogP contribution in [0.4, 0.5) is 0 Å². The molecule has 0 amide bonds. The van der Waals surface area contributed by atoms with Crippen molar-refractivity contribution in [1.29, 1.82) is 0 Å². The lowest BCUT2D eigenvalue weighted by Crippen LogP contribution is -2.24. The van der Waals surface area contributed by atoms with Gasteiger partial charge in [0.15, 0.2) is 0 Å². The summed E-state index contributed by atoms with van der Waals surface area (Å²) in [5.41, 5.74) is 2.80. The summed E-state index contributed by atoms with van der Waals surface area (Å²) in [5.74, 6) is 1.18. The minimum absolute atomic E-state index is 0.465. The lowest BCUT2D eigenvalue weighted by atomic mass is 9.93. The number of fused-ring (bicyclic) bond motifs is 1. The van der Waals surface area contributed by atoms with E-state index < -0.39 is 0 Å². The van der Waals surface area contributed by atoms with Gasteiger partial charge in [0, 0.05) is 34.3 Å². The maximum Gasteiger partial charge on any atom is 0.108 e. The van der Waals surface area contributed by atoms with Gasteiger partial charge in [-0.25, -0.2) is 0 Å². The number of aryl methyl sites for hydroxylation is 3. The minimum Gasteiger partial charge on any atom is -0.469 e. The molecule has 0 fully saturated rings. The molecule has 0 saturated heterocycles. The molecule has 0 bridgehead atoms. The maximum absolute atomic E-state index is 5.53. The van der Waals surface area contributed by atoms with Crippen molar-refractivity contribution in [3.8, 4) is 0 Å². The van der Waals surface area contributed by atoms with E-state index in [4.69, 9.17) is 4.42 Å². The molecule has 0 aromatic carbocycles. The molecule has 3 rings (SSSR count). The van der Waals surface area contributed by atoms with Gasteiger partial charge in [-0.05, 0) is 44.4 Å². The standard InChI is InChI=1S/C15H19NOS/c1-10-8-12(11(2)18-10)9-16-14-4-3-5-15-13(14)6-7-17-15/h6-8,14,16H,3-5,9H2,1-2H3. The summed E-state index contributed by atoms with van der Waals surface area (Å²) in [6.45, 7) is 5.35. The van der Waals surface area contributed by atoms with Crippen LogP contribution in [0.1, 0.15) is 45.5 Å². The molecule has 0 radical (unpaired) electrons. The van der Waals surface area contributed by atoms with Crippen LogP contribution in [0.25, 0.3) is 0 Å². The zero-order valence-corrected chi connectivity index (χ0v) is 11.8. The highest BCUT2D eigenvalue weighted by atomic mass is 32.1. The Balaban J connectivity index is 1.70. The van der Waals surface area contributed by atoms with E-state index in [1.54, 1.807) is 0 Å². The molecule has 2 heterocycles. The second-order valence-electron chi connectivity index (χ2n) is 5.06. The number of furan rings is 1. The van der Waals surface area contributed by atoms with Crippen LogP contribution in [-0.4, -0.2) is 0 Å². The number of nitrogens with one attached hydrogen (secondary N) is 1. The topological polar surface area (TPSA) is 25.2 Å². The summed E-state index contributed by atoms with van der Waals surface area (Å²) in [6, 6.07) is 4.89. The molecule has 1 unspecified atom stereocenters. The zero-order valence-electron chi connectivity index (χ0n) is 11.0. The largest absolute Gasteiger partial charge is 0.469 e. The van der Waals surface area contributed by atoms with Gasteiger partial charge in [0.1, 0.15) is 5.76 Å². The van der Waals surface area contributed by atoms with Gasteiger partial charge in [-0.1, -0.05) is 0 Å². The first kappa shape index (κ1) is 12.0. The average Bonchev–Trinajstić information content (AvgIpc) is 2.93. The van der Waals surface area contributed by atoms with Crippen molar-refractivity contribution in [1.82, 2.24) is 5.32 Å². The summed E-state index contributed by atoms with van der Waals surface area (Å²) in [7, 11) is 0. The van der Waals surface area contributed by atoms with E-state index >= 15 is 0 Å². The van der Waals surface area contributed by atoms with Gasteiger partial charge in [0.25, 0.3) is 0 Å². The number of hydrogen-bond donors (Lipinski definition) is 1. The third-order valence-electron chi connectivity index (χ3n) is 3.73. The fraction of sp³-hybridized carbons (Fsp3) is 0.467. The van der Waals surface area contributed by atoms with E-state index in [9.17, 15) is 0 Å². The fourth-order valence-electron chi connectivity index (χ4n) is 2.79. The van der Waals surface area contributed by atoms with Crippen molar-refractivity contribution >= 4 is 11.3 Å². The summed E-state index contributed by atoms with van der Waals surface area (Å²) >= 11 is 1.88. The van der Waals surface area contributed by atoms with Crippen LogP contribution in [0.15, 0.2) is 22.8 Å². The lowest BCUT2D eigenvalue weighted by Gasteiger charge is -2.22. The molecule has 1 aliphatic carbocycles. The first-order chi connectivity index (χ1) is 8.74. The quantitative estimate of drug-likeness (QED) is 0.899. The van der Waals surface area contributed by atoms with Crippen molar-refractivity contribution in [2.75, 3.05) is 0 Å². The Morgan fingerprint density at radius 2 is 2.33 bits per heavy atom. The Kier molecular flexibility index (Phi) is 3.27. The van der Waals surface area contributed by atoms with Crippen molar-refractivity contribution in [3.63, 3.8) is 0 Å². The van der Waals surface area contributed by atoms with E-state index in [0.717, 1.165) is 13.0 Å². The molecule has 96 valence electrons. The molecule has 2 aromatic heterocycles. The Hall–Kier alpha value is -1.06. The molecule has 2 aromatic rings. The van der Waals surface area contributed by atoms with Crippen LogP contribution in [0.5, 0.6) is 0 Å². The van der Waals surface area contributed by atoms with Crippen molar-refractivity contribution < 1.29 is 4.42 Å². The van der Waals surface area contributed by atoms with Gasteiger partial charge in [0.05, 0.1) is 6.26 Å². The van der Waals surface area contributed by atoms with Gasteiger partial charge in [-0.15, -0.1) is 11.3 Å². The smallest absolute Gasteiger partial charge is 0.108 e. The molecule has 1 aliphatic rings. The second-order valence-corrected chi connectivity index (χ2v) is 6.52. The third-order valence-corrected chi connectivity index (χ3v) is 4.74. The molecule has 1 N–H and O–H groups in total. The van der Waals surface area contributed by atoms with Crippen LogP contribution in [0.2, 0.25) is 0 Å². The number of thiophene rings is 1. The Labute approximate surface area is 112 Å². The third kappa shape index (κ3) is 2.25. The lowest BCUT2D eigenvalue weighted by molar-refractivity contribution is 0.411. The Morgan fingerprint density at radius 3 is 3.11 bits per heavy atom. The first-order valence-electron chi connectivity index (χ1n) is 6.59. The summed E-state index contributed by atoms with van der Waals surface area (Å²) in [6.07, 6.45) is 5.36. The van der Waals surface area contributed by atoms with Gasteiger partial charge < -0.3 is 9.73 Å². The van der Waals surface area contributed by atoms with Crippen LogP contribution < -0.4 is 5.32 Å². The van der Waals surface area contributed by atoms with E-state index in [1.807, 2.05) is 17.6 Å². The SMILES string of the molecule is Cc1cc(CNC2CCCc3occc32)c(C)s1. The monoisotopic (exact) mass is 261 g/mol. The normalized spacial score (nSPS) is 18.9. The van der Waals surface area contributed by atoms with E-state index in [0.29, 0.717) is 6.04 Å². The van der Waals surface area contributed by atoms with Crippen LogP contribution in [0.3, 0.4) is 0 Å². The molecule has 0 saturated carbocycles. The van der Waals surface area contributed by atoms with Crippen LogP contribution in [0, 0.1) is 13.8 Å². The highest BCUT2D eigenvalue weighted by Gasteiger charge is 2.22. The van der Waals surface area contributed by atoms with Crippen molar-refractivity contribution in [2.45, 2.75) is 45.7 Å². The van der Waals surface area contributed by atoms with Crippen molar-refractivity contribution in [2.24, 2.45) is 0 Å². The van der Waals surface area contributed by atoms with Gasteiger partial charge in [0.2, 0.25) is 0 Å². The number of hydrogen-bond acceptors (Lipinski definition) is 3. The summed E-state index contributed by atoms with van der Waals surface area (Å²) in [4.78, 5) is 2.83. The molecule has 1 atom stereocenters. The molecule has 0 spiro atoms. The predicted molar refractivity (Wildman–Crippen MR) is 75.0 cm³/mol. The van der Waals surface area contributed by atoms with Crippen LogP contribution >= 0.6 is 11.3 Å². The molecular formula is C15H19NOS. The van der Waals surface area contributed by atoms with Gasteiger partial charge >= 0.3 is 0 Å². The van der Waals surface area contributed by atoms with Gasteiger partial charge in [-0.3, -0.25) is 0 Å². The molecular weight excluding hydrogens is 242 g/mol. The molecule has 2 nitrogen and oxygen atoms in total. The molecule has 18 heavy (non-hydrogen) atoms. The van der Waals surface area contributed by atoms with E-state index in [1.165, 1.54) is 39.5 Å². The zero-order chi connectivity index (χ0) is 12.5. The summed E-state index contributed by atoms with van der Waals surface area (Å²) < 4.78 is 5.53. The maximum atomic E-state index is 5.53. The average molecular weight is 261 g/mol. The second kappa shape index (κ2) is 4.90. The fourth-order valence-corrected chi connectivity index (χ4v) is 3.74. The van der Waals surface area contributed by atoms with Crippen LogP contribution in [-0.2, 0) is 13.0 Å². The summed E-state index contributed by atoms with van der Waals surface area (Å²) in [5, 5.41) is 3.68. The first-order valence-corrected chi connectivity index (χ1v) is 7.41. The Bertz CT molecular complexity index is 540. The minimum atomic E-state index is 0.465. The van der Waals surface area contributed by atoms with E-state index in [-0.39, 0.29) is 0 Å². The molecule has 0 aliphatic heterocycles. The van der Waals surface area contributed by atoms with Gasteiger partial charge in [-0.2, -0.15) is 0 Å².